The van der Waals surface area contributed by atoms with Crippen LogP contribution in [0.25, 0.3) is 0 Å². The molecular weight excluding hydrogens is 287 g/mol. The minimum atomic E-state index is -0.305. The molecule has 22 heavy (non-hydrogen) atoms. The van der Waals surface area contributed by atoms with Gasteiger partial charge in [0.15, 0.2) is 11.5 Å². The summed E-state index contributed by atoms with van der Waals surface area (Å²) in [6.45, 7) is 1.13. The molecule has 0 spiro atoms. The molecule has 1 aromatic carbocycles. The number of methoxy groups -OCH3 is 2. The quantitative estimate of drug-likeness (QED) is 0.920. The first kappa shape index (κ1) is 15.1. The van der Waals surface area contributed by atoms with Gasteiger partial charge in [-0.15, -0.1) is 0 Å². The fraction of sp³-hybridized carbons (Fsp3) is 0.562. The van der Waals surface area contributed by atoms with E-state index in [1.807, 2.05) is 0 Å². The molecule has 2 fully saturated rings. The molecule has 2 aliphatic heterocycles. The highest BCUT2D eigenvalue weighted by molar-refractivity contribution is 5.77. The van der Waals surface area contributed by atoms with Gasteiger partial charge < -0.3 is 14.8 Å². The molecule has 0 saturated carbocycles. The zero-order valence-electron chi connectivity index (χ0n) is 12.9. The fourth-order valence-electron chi connectivity index (χ4n) is 3.44. The van der Waals surface area contributed by atoms with Crippen LogP contribution >= 0.6 is 0 Å². The number of ether oxygens (including phenoxy) is 2. The van der Waals surface area contributed by atoms with Gasteiger partial charge in [0.25, 0.3) is 0 Å². The van der Waals surface area contributed by atoms with E-state index in [0.717, 1.165) is 12.8 Å². The second kappa shape index (κ2) is 6.12. The van der Waals surface area contributed by atoms with Crippen LogP contribution < -0.4 is 14.8 Å². The summed E-state index contributed by atoms with van der Waals surface area (Å²) in [5.74, 6) is 0.695. The first-order chi connectivity index (χ1) is 10.6. The van der Waals surface area contributed by atoms with Crippen LogP contribution in [0.1, 0.15) is 24.8 Å². The molecule has 0 aromatic heterocycles. The van der Waals surface area contributed by atoms with Crippen molar-refractivity contribution < 1.29 is 18.7 Å². The van der Waals surface area contributed by atoms with Crippen molar-refractivity contribution in [2.24, 2.45) is 0 Å². The van der Waals surface area contributed by atoms with E-state index in [-0.39, 0.29) is 23.8 Å². The Morgan fingerprint density at radius 2 is 1.91 bits per heavy atom. The zero-order valence-corrected chi connectivity index (χ0v) is 12.9. The molecule has 0 unspecified atom stereocenters. The second-order valence-electron chi connectivity index (χ2n) is 5.86. The van der Waals surface area contributed by atoms with E-state index in [1.54, 1.807) is 6.07 Å². The highest BCUT2D eigenvalue weighted by atomic mass is 19.1. The Hall–Kier alpha value is -1.82. The number of carbonyl (C=O) groups excluding carboxylic acids is 1. The molecule has 2 heterocycles. The van der Waals surface area contributed by atoms with Crippen molar-refractivity contribution >= 4 is 5.91 Å². The van der Waals surface area contributed by atoms with Crippen LogP contribution in [0.15, 0.2) is 12.1 Å². The maximum Gasteiger partial charge on any atom is 0.221 e. The molecule has 5 nitrogen and oxygen atoms in total. The minimum Gasteiger partial charge on any atom is -0.493 e. The lowest BCUT2D eigenvalue weighted by molar-refractivity contribution is -0.121. The van der Waals surface area contributed by atoms with Gasteiger partial charge in [-0.1, -0.05) is 0 Å². The summed E-state index contributed by atoms with van der Waals surface area (Å²) in [5.41, 5.74) is 0.573. The van der Waals surface area contributed by atoms with E-state index in [9.17, 15) is 9.18 Å². The summed E-state index contributed by atoms with van der Waals surface area (Å²) >= 11 is 0. The van der Waals surface area contributed by atoms with Crippen LogP contribution in [0.3, 0.4) is 0 Å². The van der Waals surface area contributed by atoms with Gasteiger partial charge in [-0.2, -0.15) is 0 Å². The topological polar surface area (TPSA) is 50.8 Å². The summed E-state index contributed by atoms with van der Waals surface area (Å²) in [7, 11) is 3.03. The van der Waals surface area contributed by atoms with Gasteiger partial charge in [0.1, 0.15) is 5.82 Å². The number of fused-ring (bicyclic) bond motifs is 2. The average Bonchev–Trinajstić information content (AvgIpc) is 2.79. The van der Waals surface area contributed by atoms with Gasteiger partial charge in [-0.05, 0) is 18.9 Å². The lowest BCUT2D eigenvalue weighted by Crippen LogP contribution is -2.37. The van der Waals surface area contributed by atoms with Gasteiger partial charge >= 0.3 is 0 Å². The lowest BCUT2D eigenvalue weighted by Gasteiger charge is -2.27. The summed E-state index contributed by atoms with van der Waals surface area (Å²) in [6.07, 6.45) is 2.53. The molecule has 2 saturated heterocycles. The monoisotopic (exact) mass is 308 g/mol. The van der Waals surface area contributed by atoms with E-state index in [1.165, 1.54) is 20.3 Å². The molecular formula is C16H21FN2O3. The summed E-state index contributed by atoms with van der Waals surface area (Å²) in [5, 5.41) is 2.93. The van der Waals surface area contributed by atoms with E-state index in [2.05, 4.69) is 10.2 Å². The normalized spacial score (nSPS) is 24.8. The number of halogens is 1. The Kier molecular flexibility index (Phi) is 4.20. The van der Waals surface area contributed by atoms with Crippen molar-refractivity contribution in [1.82, 2.24) is 10.2 Å². The van der Waals surface area contributed by atoms with Crippen LogP contribution in [-0.2, 0) is 11.3 Å². The summed E-state index contributed by atoms with van der Waals surface area (Å²) in [4.78, 5) is 13.9. The van der Waals surface area contributed by atoms with Gasteiger partial charge in [0, 0.05) is 43.2 Å². The average molecular weight is 308 g/mol. The van der Waals surface area contributed by atoms with Crippen molar-refractivity contribution in [2.45, 2.75) is 37.9 Å². The van der Waals surface area contributed by atoms with Crippen molar-refractivity contribution in [1.29, 1.82) is 0 Å². The van der Waals surface area contributed by atoms with E-state index in [0.29, 0.717) is 36.6 Å². The van der Waals surface area contributed by atoms with Gasteiger partial charge in [-0.25, -0.2) is 4.39 Å². The third-order valence-corrected chi connectivity index (χ3v) is 4.63. The number of hydrogen-bond donors (Lipinski definition) is 1. The molecule has 120 valence electrons. The summed E-state index contributed by atoms with van der Waals surface area (Å²) < 4.78 is 24.7. The van der Waals surface area contributed by atoms with Crippen LogP contribution in [0.5, 0.6) is 11.5 Å². The molecule has 2 atom stereocenters. The number of benzene rings is 1. The SMILES string of the molecule is COc1cc(F)c(CN2[C@@H]3CC[C@H]2CNC(=O)C3)cc1OC. The highest BCUT2D eigenvalue weighted by Gasteiger charge is 2.37. The number of nitrogens with zero attached hydrogens (tertiary/aromatic N) is 1. The largest absolute Gasteiger partial charge is 0.493 e. The summed E-state index contributed by atoms with van der Waals surface area (Å²) in [6, 6.07) is 3.52. The maximum atomic E-state index is 14.3. The Bertz CT molecular complexity index is 579. The van der Waals surface area contributed by atoms with Crippen molar-refractivity contribution in [2.75, 3.05) is 20.8 Å². The van der Waals surface area contributed by atoms with Crippen LogP contribution in [0, 0.1) is 5.82 Å². The van der Waals surface area contributed by atoms with E-state index >= 15 is 0 Å². The zero-order chi connectivity index (χ0) is 15.7. The maximum absolute atomic E-state index is 14.3. The van der Waals surface area contributed by atoms with Gasteiger partial charge in [0.05, 0.1) is 14.2 Å². The minimum absolute atomic E-state index is 0.0879. The molecule has 2 aliphatic rings. The molecule has 1 aromatic rings. The predicted octanol–water partition coefficient (Wildman–Crippen LogP) is 1.70. The number of hydrogen-bond acceptors (Lipinski definition) is 4. The molecule has 2 bridgehead atoms. The molecule has 3 rings (SSSR count). The fourth-order valence-corrected chi connectivity index (χ4v) is 3.44. The Morgan fingerprint density at radius 3 is 2.64 bits per heavy atom. The van der Waals surface area contributed by atoms with Crippen LogP contribution in [0.4, 0.5) is 4.39 Å². The molecule has 1 N–H and O–H groups in total. The lowest BCUT2D eigenvalue weighted by atomic mass is 10.1. The van der Waals surface area contributed by atoms with Crippen molar-refractivity contribution in [3.63, 3.8) is 0 Å². The number of carbonyl (C=O) groups is 1. The molecule has 0 radical (unpaired) electrons. The first-order valence-electron chi connectivity index (χ1n) is 7.55. The number of nitrogens with one attached hydrogen (secondary N) is 1. The number of amides is 1. The van der Waals surface area contributed by atoms with Crippen LogP contribution in [0.2, 0.25) is 0 Å². The Labute approximate surface area is 129 Å². The smallest absolute Gasteiger partial charge is 0.221 e. The standard InChI is InChI=1S/C16H21FN2O3/c1-21-14-5-10(13(17)7-15(14)22-2)9-19-11-3-4-12(19)8-18-16(20)6-11/h5,7,11-12H,3-4,6,8-9H2,1-2H3,(H,18,20)/t11-,12+/m1/s1. The molecule has 1 amide bonds. The van der Waals surface area contributed by atoms with E-state index in [4.69, 9.17) is 9.47 Å². The third-order valence-electron chi connectivity index (χ3n) is 4.63. The van der Waals surface area contributed by atoms with Gasteiger partial charge in [-0.3, -0.25) is 9.69 Å². The second-order valence-corrected chi connectivity index (χ2v) is 5.86. The third kappa shape index (κ3) is 2.75. The molecule has 6 heteroatoms. The highest BCUT2D eigenvalue weighted by Crippen LogP contribution is 2.34. The van der Waals surface area contributed by atoms with Crippen LogP contribution in [-0.4, -0.2) is 43.7 Å². The Balaban J connectivity index is 1.85. The first-order valence-corrected chi connectivity index (χ1v) is 7.55. The van der Waals surface area contributed by atoms with Gasteiger partial charge in [0.2, 0.25) is 5.91 Å². The van der Waals surface area contributed by atoms with Crippen molar-refractivity contribution in [3.05, 3.63) is 23.5 Å². The van der Waals surface area contributed by atoms with E-state index < -0.39 is 0 Å². The van der Waals surface area contributed by atoms with Crippen molar-refractivity contribution in [3.8, 4) is 11.5 Å². The Morgan fingerprint density at radius 1 is 1.23 bits per heavy atom. The predicted molar refractivity (Wildman–Crippen MR) is 79.5 cm³/mol. The molecule has 0 aliphatic carbocycles. The number of rotatable bonds is 4.